The summed E-state index contributed by atoms with van der Waals surface area (Å²) >= 11 is 0. The highest BCUT2D eigenvalue weighted by Gasteiger charge is 2.34. The van der Waals surface area contributed by atoms with Crippen LogP contribution in [0.2, 0.25) is 0 Å². The van der Waals surface area contributed by atoms with Crippen molar-refractivity contribution in [2.75, 3.05) is 6.61 Å². The standard InChI is InChI=1S/C13H20O4/c1-4-5-17-13(16)11-7-8(2)10(12(14)15)6-9(11)3/h6,8,10-11H,4-5,7H2,1-3H3,(H,14,15). The van der Waals surface area contributed by atoms with Gasteiger partial charge in [-0.1, -0.05) is 25.5 Å². The van der Waals surface area contributed by atoms with Crippen molar-refractivity contribution in [2.24, 2.45) is 17.8 Å². The summed E-state index contributed by atoms with van der Waals surface area (Å²) in [7, 11) is 0. The van der Waals surface area contributed by atoms with E-state index in [1.165, 1.54) is 0 Å². The van der Waals surface area contributed by atoms with Crippen LogP contribution in [0.1, 0.15) is 33.6 Å². The fourth-order valence-electron chi connectivity index (χ4n) is 2.17. The highest BCUT2D eigenvalue weighted by atomic mass is 16.5. The van der Waals surface area contributed by atoms with Gasteiger partial charge in [0.2, 0.25) is 0 Å². The second kappa shape index (κ2) is 5.84. The summed E-state index contributed by atoms with van der Waals surface area (Å²) in [6.07, 6.45) is 3.05. The molecule has 1 rings (SSSR count). The fraction of sp³-hybridized carbons (Fsp3) is 0.692. The minimum absolute atomic E-state index is 0.0321. The monoisotopic (exact) mass is 240 g/mol. The Morgan fingerprint density at radius 1 is 1.53 bits per heavy atom. The van der Waals surface area contributed by atoms with E-state index in [9.17, 15) is 9.59 Å². The summed E-state index contributed by atoms with van der Waals surface area (Å²) < 4.78 is 5.12. The molecule has 0 aromatic carbocycles. The van der Waals surface area contributed by atoms with Crippen LogP contribution >= 0.6 is 0 Å². The van der Waals surface area contributed by atoms with Gasteiger partial charge in [-0.3, -0.25) is 9.59 Å². The maximum Gasteiger partial charge on any atom is 0.313 e. The summed E-state index contributed by atoms with van der Waals surface area (Å²) in [6.45, 7) is 6.04. The Morgan fingerprint density at radius 2 is 2.18 bits per heavy atom. The van der Waals surface area contributed by atoms with Crippen LogP contribution in [0.4, 0.5) is 0 Å². The van der Waals surface area contributed by atoms with E-state index in [0.717, 1.165) is 12.0 Å². The fourth-order valence-corrected chi connectivity index (χ4v) is 2.17. The Labute approximate surface area is 102 Å². The summed E-state index contributed by atoms with van der Waals surface area (Å²) in [5.74, 6) is -1.83. The van der Waals surface area contributed by atoms with Crippen molar-refractivity contribution < 1.29 is 19.4 Å². The maximum absolute atomic E-state index is 11.8. The first kappa shape index (κ1) is 13.7. The first-order chi connectivity index (χ1) is 7.97. The second-order valence-electron chi connectivity index (χ2n) is 4.71. The molecule has 17 heavy (non-hydrogen) atoms. The average Bonchev–Trinajstić information content (AvgIpc) is 2.28. The van der Waals surface area contributed by atoms with Gasteiger partial charge in [-0.25, -0.2) is 0 Å². The van der Waals surface area contributed by atoms with Crippen LogP contribution in [0.15, 0.2) is 11.6 Å². The number of carboxylic acid groups (broad SMARTS) is 1. The van der Waals surface area contributed by atoms with Crippen molar-refractivity contribution in [1.29, 1.82) is 0 Å². The number of carbonyl (C=O) groups excluding carboxylic acids is 1. The van der Waals surface area contributed by atoms with Gasteiger partial charge in [-0.05, 0) is 25.7 Å². The van der Waals surface area contributed by atoms with Crippen LogP contribution in [0.5, 0.6) is 0 Å². The molecule has 96 valence electrons. The molecule has 4 heteroatoms. The lowest BCUT2D eigenvalue weighted by molar-refractivity contribution is -0.150. The third kappa shape index (κ3) is 3.32. The molecule has 1 aliphatic rings. The molecule has 0 aliphatic heterocycles. The number of aliphatic carboxylic acids is 1. The van der Waals surface area contributed by atoms with Crippen LogP contribution in [0.3, 0.4) is 0 Å². The number of hydrogen-bond donors (Lipinski definition) is 1. The summed E-state index contributed by atoms with van der Waals surface area (Å²) in [4.78, 5) is 22.8. The molecule has 3 unspecified atom stereocenters. The molecule has 4 nitrogen and oxygen atoms in total. The van der Waals surface area contributed by atoms with Crippen molar-refractivity contribution in [1.82, 2.24) is 0 Å². The molecule has 0 aromatic rings. The zero-order chi connectivity index (χ0) is 13.0. The predicted octanol–water partition coefficient (Wildman–Crippen LogP) is 2.24. The van der Waals surface area contributed by atoms with Crippen molar-refractivity contribution in [3.63, 3.8) is 0 Å². The number of esters is 1. The van der Waals surface area contributed by atoms with Crippen LogP contribution in [-0.4, -0.2) is 23.7 Å². The van der Waals surface area contributed by atoms with E-state index in [1.807, 2.05) is 13.8 Å². The van der Waals surface area contributed by atoms with Gasteiger partial charge in [0.05, 0.1) is 18.4 Å². The van der Waals surface area contributed by atoms with Gasteiger partial charge in [-0.15, -0.1) is 0 Å². The van der Waals surface area contributed by atoms with Gasteiger partial charge >= 0.3 is 11.9 Å². The highest BCUT2D eigenvalue weighted by Crippen LogP contribution is 2.33. The molecule has 0 spiro atoms. The summed E-state index contributed by atoms with van der Waals surface area (Å²) in [5.41, 5.74) is 0.816. The van der Waals surface area contributed by atoms with E-state index in [2.05, 4.69) is 0 Å². The molecule has 0 heterocycles. The quantitative estimate of drug-likeness (QED) is 0.604. The van der Waals surface area contributed by atoms with Crippen LogP contribution < -0.4 is 0 Å². The van der Waals surface area contributed by atoms with Gasteiger partial charge in [-0.2, -0.15) is 0 Å². The number of carbonyl (C=O) groups is 2. The van der Waals surface area contributed by atoms with Crippen LogP contribution in [-0.2, 0) is 14.3 Å². The van der Waals surface area contributed by atoms with E-state index in [4.69, 9.17) is 9.84 Å². The molecule has 1 N–H and O–H groups in total. The van der Waals surface area contributed by atoms with Gasteiger partial charge in [0.1, 0.15) is 0 Å². The molecule has 1 aliphatic carbocycles. The van der Waals surface area contributed by atoms with Crippen LogP contribution in [0.25, 0.3) is 0 Å². The van der Waals surface area contributed by atoms with E-state index < -0.39 is 11.9 Å². The number of rotatable bonds is 4. The van der Waals surface area contributed by atoms with Gasteiger partial charge in [0.15, 0.2) is 0 Å². The Bertz CT molecular complexity index is 332. The van der Waals surface area contributed by atoms with E-state index >= 15 is 0 Å². The van der Waals surface area contributed by atoms with E-state index in [1.54, 1.807) is 13.0 Å². The molecule has 0 saturated heterocycles. The Balaban J connectivity index is 2.75. The van der Waals surface area contributed by atoms with Crippen molar-refractivity contribution in [3.05, 3.63) is 11.6 Å². The minimum atomic E-state index is -0.822. The lowest BCUT2D eigenvalue weighted by Gasteiger charge is -2.29. The Hall–Kier alpha value is -1.32. The Morgan fingerprint density at radius 3 is 2.71 bits per heavy atom. The van der Waals surface area contributed by atoms with Gasteiger partial charge < -0.3 is 9.84 Å². The molecule has 0 fully saturated rings. The lowest BCUT2D eigenvalue weighted by Crippen LogP contribution is -2.31. The number of carboxylic acids is 1. The van der Waals surface area contributed by atoms with Crippen LogP contribution in [0, 0.1) is 17.8 Å². The minimum Gasteiger partial charge on any atom is -0.481 e. The average molecular weight is 240 g/mol. The van der Waals surface area contributed by atoms with E-state index in [0.29, 0.717) is 13.0 Å². The Kier molecular flexibility index (Phi) is 4.73. The molecule has 0 saturated carbocycles. The summed E-state index contributed by atoms with van der Waals surface area (Å²) in [6, 6.07) is 0. The summed E-state index contributed by atoms with van der Waals surface area (Å²) in [5, 5.41) is 9.03. The van der Waals surface area contributed by atoms with Crippen molar-refractivity contribution in [3.8, 4) is 0 Å². The molecular weight excluding hydrogens is 220 g/mol. The first-order valence-electron chi connectivity index (χ1n) is 6.05. The lowest BCUT2D eigenvalue weighted by atomic mass is 9.76. The SMILES string of the molecule is CCCOC(=O)C1CC(C)C(C(=O)O)C=C1C. The molecular formula is C13H20O4. The molecule has 3 atom stereocenters. The molecule has 0 aromatic heterocycles. The zero-order valence-corrected chi connectivity index (χ0v) is 10.6. The zero-order valence-electron chi connectivity index (χ0n) is 10.6. The second-order valence-corrected chi connectivity index (χ2v) is 4.71. The number of ether oxygens (including phenoxy) is 1. The number of hydrogen-bond acceptors (Lipinski definition) is 3. The predicted molar refractivity (Wildman–Crippen MR) is 63.4 cm³/mol. The van der Waals surface area contributed by atoms with Crippen molar-refractivity contribution in [2.45, 2.75) is 33.6 Å². The third-order valence-electron chi connectivity index (χ3n) is 3.23. The topological polar surface area (TPSA) is 63.6 Å². The molecule has 0 bridgehead atoms. The molecule has 0 radical (unpaired) electrons. The van der Waals surface area contributed by atoms with Gasteiger partial charge in [0.25, 0.3) is 0 Å². The molecule has 0 amide bonds. The maximum atomic E-state index is 11.8. The van der Waals surface area contributed by atoms with Crippen molar-refractivity contribution >= 4 is 11.9 Å². The first-order valence-corrected chi connectivity index (χ1v) is 6.05. The van der Waals surface area contributed by atoms with Gasteiger partial charge in [0, 0.05) is 0 Å². The van der Waals surface area contributed by atoms with E-state index in [-0.39, 0.29) is 17.8 Å². The smallest absolute Gasteiger partial charge is 0.313 e. The highest BCUT2D eigenvalue weighted by molar-refractivity contribution is 5.78. The normalized spacial score (nSPS) is 28.4. The third-order valence-corrected chi connectivity index (χ3v) is 3.23. The largest absolute Gasteiger partial charge is 0.481 e.